The molecule has 0 aliphatic carbocycles. The molecule has 0 spiro atoms. The Morgan fingerprint density at radius 3 is 2.41 bits per heavy atom. The molecule has 1 aromatic carbocycles. The maximum absolute atomic E-state index is 12.1. The molecule has 0 atom stereocenters. The summed E-state index contributed by atoms with van der Waals surface area (Å²) in [7, 11) is 0. The van der Waals surface area contributed by atoms with E-state index in [9.17, 15) is 9.59 Å². The van der Waals surface area contributed by atoms with Gasteiger partial charge in [-0.1, -0.05) is 15.9 Å². The van der Waals surface area contributed by atoms with Crippen LogP contribution in [0.15, 0.2) is 22.7 Å². The van der Waals surface area contributed by atoms with Gasteiger partial charge in [-0.05, 0) is 32.0 Å². The third-order valence-electron chi connectivity index (χ3n) is 2.68. The zero-order valence-electron chi connectivity index (χ0n) is 9.32. The third kappa shape index (κ3) is 1.65. The first-order valence-corrected chi connectivity index (χ1v) is 5.77. The number of nitrogens with zero attached hydrogens (tertiary/aromatic N) is 2. The topological polar surface area (TPSA) is 61.2 Å². The number of rotatable bonds is 1. The summed E-state index contributed by atoms with van der Waals surface area (Å²) in [5.74, 6) is -0.832. The fourth-order valence-electron chi connectivity index (χ4n) is 1.77. The molecule has 0 N–H and O–H groups in total. The van der Waals surface area contributed by atoms with Crippen LogP contribution in [-0.2, 0) is 0 Å². The Bertz CT molecular complexity index is 572. The Morgan fingerprint density at radius 2 is 1.82 bits per heavy atom. The highest BCUT2D eigenvalue weighted by atomic mass is 79.9. The quantitative estimate of drug-likeness (QED) is 0.747. The maximum atomic E-state index is 12.1. The molecule has 2 amide bonds. The van der Waals surface area contributed by atoms with Gasteiger partial charge in [0.15, 0.2) is 0 Å². The molecule has 1 heterocycles. The Hall–Kier alpha value is -1.67. The van der Waals surface area contributed by atoms with Crippen molar-refractivity contribution < 1.29 is 9.59 Å². The number of amides is 2. The SMILES string of the molecule is CC(C)(C#N)N1C(=O)c2ccc(Br)cc2C1=O. The molecule has 17 heavy (non-hydrogen) atoms. The van der Waals surface area contributed by atoms with Crippen LogP contribution in [0.4, 0.5) is 0 Å². The molecular formula is C12H9BrN2O2. The first kappa shape index (κ1) is 11.8. The predicted molar refractivity (Wildman–Crippen MR) is 64.3 cm³/mol. The Balaban J connectivity index is 2.58. The number of fused-ring (bicyclic) bond motifs is 1. The van der Waals surface area contributed by atoms with E-state index in [1.165, 1.54) is 0 Å². The fourth-order valence-corrected chi connectivity index (χ4v) is 2.13. The van der Waals surface area contributed by atoms with E-state index in [0.717, 1.165) is 9.37 Å². The van der Waals surface area contributed by atoms with Gasteiger partial charge in [0.2, 0.25) is 0 Å². The summed E-state index contributed by atoms with van der Waals surface area (Å²) in [6.07, 6.45) is 0. The Labute approximate surface area is 107 Å². The van der Waals surface area contributed by atoms with Crippen LogP contribution in [0.1, 0.15) is 34.6 Å². The van der Waals surface area contributed by atoms with E-state index < -0.39 is 17.4 Å². The summed E-state index contributed by atoms with van der Waals surface area (Å²) < 4.78 is 0.731. The molecule has 1 aliphatic heterocycles. The van der Waals surface area contributed by atoms with Crippen LogP contribution in [0.2, 0.25) is 0 Å². The lowest BCUT2D eigenvalue weighted by Crippen LogP contribution is -2.46. The molecule has 0 saturated carbocycles. The van der Waals surface area contributed by atoms with Gasteiger partial charge in [-0.25, -0.2) is 0 Å². The van der Waals surface area contributed by atoms with Gasteiger partial charge in [-0.15, -0.1) is 0 Å². The average molecular weight is 293 g/mol. The molecule has 2 rings (SSSR count). The van der Waals surface area contributed by atoms with Crippen molar-refractivity contribution in [2.75, 3.05) is 0 Å². The molecule has 1 aromatic rings. The summed E-state index contributed by atoms with van der Waals surface area (Å²) >= 11 is 3.25. The van der Waals surface area contributed by atoms with Gasteiger partial charge in [0.25, 0.3) is 11.8 Å². The van der Waals surface area contributed by atoms with Crippen LogP contribution in [0.5, 0.6) is 0 Å². The zero-order chi connectivity index (χ0) is 12.8. The lowest BCUT2D eigenvalue weighted by Gasteiger charge is -2.26. The van der Waals surface area contributed by atoms with Crippen LogP contribution < -0.4 is 0 Å². The van der Waals surface area contributed by atoms with E-state index >= 15 is 0 Å². The van der Waals surface area contributed by atoms with Crippen molar-refractivity contribution in [2.24, 2.45) is 0 Å². The summed E-state index contributed by atoms with van der Waals surface area (Å²) in [5.41, 5.74) is -0.450. The molecule has 0 unspecified atom stereocenters. The summed E-state index contributed by atoms with van der Waals surface area (Å²) in [6, 6.07) is 6.86. The van der Waals surface area contributed by atoms with Crippen LogP contribution in [0, 0.1) is 11.3 Å². The van der Waals surface area contributed by atoms with Crippen molar-refractivity contribution in [3.8, 4) is 6.07 Å². The first-order valence-electron chi connectivity index (χ1n) is 4.98. The number of hydrogen-bond donors (Lipinski definition) is 0. The monoisotopic (exact) mass is 292 g/mol. The minimum Gasteiger partial charge on any atom is -0.269 e. The Morgan fingerprint density at radius 1 is 1.24 bits per heavy atom. The summed E-state index contributed by atoms with van der Waals surface area (Å²) in [5, 5.41) is 9.02. The number of imide groups is 1. The number of benzene rings is 1. The maximum Gasteiger partial charge on any atom is 0.262 e. The smallest absolute Gasteiger partial charge is 0.262 e. The highest BCUT2D eigenvalue weighted by Crippen LogP contribution is 2.30. The normalized spacial score (nSPS) is 14.8. The highest BCUT2D eigenvalue weighted by Gasteiger charge is 2.44. The Kier molecular flexibility index (Phi) is 2.55. The predicted octanol–water partition coefficient (Wildman–Crippen LogP) is 2.35. The van der Waals surface area contributed by atoms with Crippen molar-refractivity contribution >= 4 is 27.7 Å². The van der Waals surface area contributed by atoms with Gasteiger partial charge in [-0.2, -0.15) is 5.26 Å². The second kappa shape index (κ2) is 3.67. The minimum atomic E-state index is -1.14. The molecule has 1 aliphatic rings. The van der Waals surface area contributed by atoms with E-state index in [2.05, 4.69) is 15.9 Å². The van der Waals surface area contributed by atoms with Gasteiger partial charge in [0, 0.05) is 4.47 Å². The van der Waals surface area contributed by atoms with E-state index in [4.69, 9.17) is 5.26 Å². The van der Waals surface area contributed by atoms with Crippen LogP contribution in [0.25, 0.3) is 0 Å². The van der Waals surface area contributed by atoms with E-state index in [0.29, 0.717) is 11.1 Å². The van der Waals surface area contributed by atoms with Gasteiger partial charge in [0.1, 0.15) is 5.54 Å². The largest absolute Gasteiger partial charge is 0.269 e. The van der Waals surface area contributed by atoms with Gasteiger partial charge >= 0.3 is 0 Å². The van der Waals surface area contributed by atoms with Crippen molar-refractivity contribution in [3.63, 3.8) is 0 Å². The van der Waals surface area contributed by atoms with Crippen LogP contribution in [-0.4, -0.2) is 22.3 Å². The van der Waals surface area contributed by atoms with Gasteiger partial charge in [-0.3, -0.25) is 14.5 Å². The molecule has 86 valence electrons. The second-order valence-electron chi connectivity index (χ2n) is 4.31. The molecule has 4 nitrogen and oxygen atoms in total. The second-order valence-corrected chi connectivity index (χ2v) is 5.22. The molecule has 0 saturated heterocycles. The molecule has 0 aromatic heterocycles. The molecule has 0 radical (unpaired) electrons. The highest BCUT2D eigenvalue weighted by molar-refractivity contribution is 9.10. The minimum absolute atomic E-state index is 0.340. The number of hydrogen-bond acceptors (Lipinski definition) is 3. The van der Waals surface area contributed by atoms with Gasteiger partial charge < -0.3 is 0 Å². The van der Waals surface area contributed by atoms with E-state index in [1.807, 2.05) is 6.07 Å². The van der Waals surface area contributed by atoms with Crippen LogP contribution in [0.3, 0.4) is 0 Å². The van der Waals surface area contributed by atoms with Crippen molar-refractivity contribution in [3.05, 3.63) is 33.8 Å². The van der Waals surface area contributed by atoms with Gasteiger partial charge in [0.05, 0.1) is 17.2 Å². The van der Waals surface area contributed by atoms with Crippen molar-refractivity contribution in [1.82, 2.24) is 4.90 Å². The standard InChI is InChI=1S/C12H9BrN2O2/c1-12(2,6-14)15-10(16)8-4-3-7(13)5-9(8)11(15)17/h3-5H,1-2H3. The van der Waals surface area contributed by atoms with E-state index in [-0.39, 0.29) is 0 Å². The van der Waals surface area contributed by atoms with Crippen molar-refractivity contribution in [2.45, 2.75) is 19.4 Å². The molecular weight excluding hydrogens is 284 g/mol. The first-order chi connectivity index (χ1) is 7.88. The molecule has 0 bridgehead atoms. The lowest BCUT2D eigenvalue weighted by atomic mass is 10.1. The number of carbonyl (C=O) groups excluding carboxylic acids is 2. The molecule has 0 fully saturated rings. The molecule has 5 heteroatoms. The lowest BCUT2D eigenvalue weighted by molar-refractivity contribution is 0.0549. The summed E-state index contributed by atoms with van der Waals surface area (Å²) in [4.78, 5) is 25.2. The van der Waals surface area contributed by atoms with Crippen LogP contribution >= 0.6 is 15.9 Å². The number of halogens is 1. The number of nitriles is 1. The van der Waals surface area contributed by atoms with Crippen molar-refractivity contribution in [1.29, 1.82) is 5.26 Å². The number of carbonyl (C=O) groups is 2. The zero-order valence-corrected chi connectivity index (χ0v) is 10.9. The third-order valence-corrected chi connectivity index (χ3v) is 3.17. The fraction of sp³-hybridized carbons (Fsp3) is 0.250. The average Bonchev–Trinajstić information content (AvgIpc) is 2.52. The summed E-state index contributed by atoms with van der Waals surface area (Å²) in [6.45, 7) is 3.09. The van der Waals surface area contributed by atoms with E-state index in [1.54, 1.807) is 32.0 Å².